The molecule has 0 saturated carbocycles. The quantitative estimate of drug-likeness (QED) is 0.606. The van der Waals surface area contributed by atoms with E-state index in [0.29, 0.717) is 6.04 Å². The lowest BCUT2D eigenvalue weighted by Gasteiger charge is -2.27. The van der Waals surface area contributed by atoms with Gasteiger partial charge in [-0.2, -0.15) is 0 Å². The van der Waals surface area contributed by atoms with Crippen LogP contribution in [0.4, 0.5) is 0 Å². The fourth-order valence-corrected chi connectivity index (χ4v) is 0.971. The van der Waals surface area contributed by atoms with Gasteiger partial charge in [0.2, 0.25) is 0 Å². The molecule has 3 nitrogen and oxygen atoms in total. The van der Waals surface area contributed by atoms with E-state index in [4.69, 9.17) is 4.74 Å². The van der Waals surface area contributed by atoms with Crippen molar-refractivity contribution in [1.82, 2.24) is 10.2 Å². The Hall–Kier alpha value is -0.120. The number of rotatable bonds is 5. The first-order chi connectivity index (χ1) is 5.33. The average molecular weight is 158 g/mol. The van der Waals surface area contributed by atoms with Crippen LogP contribution in [0.15, 0.2) is 0 Å². The second-order valence-electron chi connectivity index (χ2n) is 3.08. The summed E-state index contributed by atoms with van der Waals surface area (Å²) in [5, 5.41) is 3.42. The van der Waals surface area contributed by atoms with E-state index in [2.05, 4.69) is 24.2 Å². The van der Waals surface area contributed by atoms with Crippen LogP contribution in [0, 0.1) is 0 Å². The van der Waals surface area contributed by atoms with E-state index in [-0.39, 0.29) is 0 Å². The molecule has 0 amide bonds. The summed E-state index contributed by atoms with van der Waals surface area (Å²) in [7, 11) is 2.14. The largest absolute Gasteiger partial charge is 0.378 e. The molecule has 0 aromatic rings. The SMILES string of the molecule is CCN(C)CCNC1COC1. The first-order valence-electron chi connectivity index (χ1n) is 4.32. The zero-order chi connectivity index (χ0) is 8.10. The van der Waals surface area contributed by atoms with Gasteiger partial charge < -0.3 is 15.0 Å². The molecule has 0 radical (unpaired) electrons. The number of ether oxygens (including phenoxy) is 1. The molecular formula is C8H18N2O. The summed E-state index contributed by atoms with van der Waals surface area (Å²) < 4.78 is 5.04. The van der Waals surface area contributed by atoms with Crippen LogP contribution in [0.25, 0.3) is 0 Å². The van der Waals surface area contributed by atoms with E-state index in [1.807, 2.05) is 0 Å². The highest BCUT2D eigenvalue weighted by Crippen LogP contribution is 1.98. The lowest BCUT2D eigenvalue weighted by Crippen LogP contribution is -2.47. The van der Waals surface area contributed by atoms with Crippen molar-refractivity contribution in [3.8, 4) is 0 Å². The summed E-state index contributed by atoms with van der Waals surface area (Å²) >= 11 is 0. The molecule has 1 fully saturated rings. The van der Waals surface area contributed by atoms with E-state index < -0.39 is 0 Å². The van der Waals surface area contributed by atoms with Crippen LogP contribution in [-0.4, -0.2) is 50.8 Å². The van der Waals surface area contributed by atoms with Crippen molar-refractivity contribution in [3.63, 3.8) is 0 Å². The van der Waals surface area contributed by atoms with Crippen LogP contribution in [0.1, 0.15) is 6.92 Å². The van der Waals surface area contributed by atoms with Gasteiger partial charge in [0, 0.05) is 13.1 Å². The summed E-state index contributed by atoms with van der Waals surface area (Å²) in [6.45, 7) is 7.31. The second-order valence-corrected chi connectivity index (χ2v) is 3.08. The Morgan fingerprint density at radius 2 is 2.27 bits per heavy atom. The van der Waals surface area contributed by atoms with E-state index in [9.17, 15) is 0 Å². The second kappa shape index (κ2) is 4.70. The summed E-state index contributed by atoms with van der Waals surface area (Å²) in [5.74, 6) is 0. The molecule has 1 N–H and O–H groups in total. The predicted octanol–water partition coefficient (Wildman–Crippen LogP) is -0.0735. The highest BCUT2D eigenvalue weighted by atomic mass is 16.5. The highest BCUT2D eigenvalue weighted by molar-refractivity contribution is 4.72. The van der Waals surface area contributed by atoms with E-state index in [1.165, 1.54) is 0 Å². The van der Waals surface area contributed by atoms with E-state index in [1.54, 1.807) is 0 Å². The molecule has 1 rings (SSSR count). The number of hydrogen-bond acceptors (Lipinski definition) is 3. The number of nitrogens with zero attached hydrogens (tertiary/aromatic N) is 1. The fourth-order valence-electron chi connectivity index (χ4n) is 0.971. The molecule has 0 aromatic carbocycles. The Bertz CT molecular complexity index is 99.5. The molecular weight excluding hydrogens is 140 g/mol. The molecule has 66 valence electrons. The van der Waals surface area contributed by atoms with Crippen LogP contribution in [0.3, 0.4) is 0 Å². The summed E-state index contributed by atoms with van der Waals surface area (Å²) in [6, 6.07) is 0.625. The highest BCUT2D eigenvalue weighted by Gasteiger charge is 2.16. The lowest BCUT2D eigenvalue weighted by molar-refractivity contribution is -0.00543. The van der Waals surface area contributed by atoms with Crippen molar-refractivity contribution in [1.29, 1.82) is 0 Å². The Balaban J connectivity index is 1.86. The van der Waals surface area contributed by atoms with Crippen LogP contribution >= 0.6 is 0 Å². The van der Waals surface area contributed by atoms with Gasteiger partial charge in [-0.05, 0) is 13.6 Å². The maximum atomic E-state index is 5.04. The third-order valence-corrected chi connectivity index (χ3v) is 2.10. The van der Waals surface area contributed by atoms with Crippen molar-refractivity contribution in [2.24, 2.45) is 0 Å². The van der Waals surface area contributed by atoms with Crippen molar-refractivity contribution in [3.05, 3.63) is 0 Å². The molecule has 1 saturated heterocycles. The summed E-state index contributed by atoms with van der Waals surface area (Å²) in [4.78, 5) is 2.30. The van der Waals surface area contributed by atoms with Crippen molar-refractivity contribution < 1.29 is 4.74 Å². The van der Waals surface area contributed by atoms with E-state index >= 15 is 0 Å². The van der Waals surface area contributed by atoms with Gasteiger partial charge in [0.1, 0.15) is 0 Å². The van der Waals surface area contributed by atoms with Gasteiger partial charge in [-0.3, -0.25) is 0 Å². The van der Waals surface area contributed by atoms with Gasteiger partial charge >= 0.3 is 0 Å². The average Bonchev–Trinajstić information content (AvgIpc) is 1.94. The Kier molecular flexibility index (Phi) is 3.83. The van der Waals surface area contributed by atoms with Gasteiger partial charge in [0.15, 0.2) is 0 Å². The zero-order valence-electron chi connectivity index (χ0n) is 7.47. The smallest absolute Gasteiger partial charge is 0.0643 e. The molecule has 0 atom stereocenters. The molecule has 11 heavy (non-hydrogen) atoms. The predicted molar refractivity (Wildman–Crippen MR) is 45.8 cm³/mol. The van der Waals surface area contributed by atoms with Gasteiger partial charge in [-0.15, -0.1) is 0 Å². The topological polar surface area (TPSA) is 24.5 Å². The summed E-state index contributed by atoms with van der Waals surface area (Å²) in [5.41, 5.74) is 0. The fraction of sp³-hybridized carbons (Fsp3) is 1.00. The monoisotopic (exact) mass is 158 g/mol. The van der Waals surface area contributed by atoms with Gasteiger partial charge in [-0.25, -0.2) is 0 Å². The molecule has 0 unspecified atom stereocenters. The number of likely N-dealkylation sites (N-methyl/N-ethyl adjacent to an activating group) is 1. The normalized spacial score (nSPS) is 18.8. The minimum absolute atomic E-state index is 0.625. The third-order valence-electron chi connectivity index (χ3n) is 2.10. The van der Waals surface area contributed by atoms with Gasteiger partial charge in [0.05, 0.1) is 19.3 Å². The van der Waals surface area contributed by atoms with Crippen LogP contribution < -0.4 is 5.32 Å². The molecule has 1 heterocycles. The maximum absolute atomic E-state index is 5.04. The van der Waals surface area contributed by atoms with Crippen molar-refractivity contribution in [2.45, 2.75) is 13.0 Å². The standard InChI is InChI=1S/C8H18N2O/c1-3-10(2)5-4-9-8-6-11-7-8/h8-9H,3-7H2,1-2H3. The number of nitrogens with one attached hydrogen (secondary N) is 1. The molecule has 0 aromatic heterocycles. The van der Waals surface area contributed by atoms with E-state index in [0.717, 1.165) is 32.8 Å². The number of hydrogen-bond donors (Lipinski definition) is 1. The minimum atomic E-state index is 0.625. The molecule has 0 spiro atoms. The maximum Gasteiger partial charge on any atom is 0.0643 e. The Labute approximate surface area is 68.7 Å². The van der Waals surface area contributed by atoms with Gasteiger partial charge in [0.25, 0.3) is 0 Å². The molecule has 0 bridgehead atoms. The van der Waals surface area contributed by atoms with Crippen LogP contribution in [0.5, 0.6) is 0 Å². The molecule has 1 aliphatic rings. The van der Waals surface area contributed by atoms with Crippen LogP contribution in [0.2, 0.25) is 0 Å². The summed E-state index contributed by atoms with van der Waals surface area (Å²) in [6.07, 6.45) is 0. The molecule has 3 heteroatoms. The van der Waals surface area contributed by atoms with Crippen molar-refractivity contribution in [2.75, 3.05) is 39.9 Å². The molecule has 1 aliphatic heterocycles. The first kappa shape index (κ1) is 8.97. The Morgan fingerprint density at radius 1 is 1.55 bits per heavy atom. The Morgan fingerprint density at radius 3 is 2.73 bits per heavy atom. The van der Waals surface area contributed by atoms with Crippen LogP contribution in [-0.2, 0) is 4.74 Å². The lowest BCUT2D eigenvalue weighted by atomic mass is 10.2. The van der Waals surface area contributed by atoms with Gasteiger partial charge in [-0.1, -0.05) is 6.92 Å². The third kappa shape index (κ3) is 3.18. The zero-order valence-corrected chi connectivity index (χ0v) is 7.47. The van der Waals surface area contributed by atoms with Crippen molar-refractivity contribution >= 4 is 0 Å². The minimum Gasteiger partial charge on any atom is -0.378 e. The molecule has 0 aliphatic carbocycles. The first-order valence-corrected chi connectivity index (χ1v) is 4.32.